The molecule has 1 aliphatic rings. The van der Waals surface area contributed by atoms with Crippen LogP contribution in [0.25, 0.3) is 0 Å². The van der Waals surface area contributed by atoms with E-state index in [-0.39, 0.29) is 17.1 Å². The van der Waals surface area contributed by atoms with Gasteiger partial charge in [-0.2, -0.15) is 11.3 Å². The summed E-state index contributed by atoms with van der Waals surface area (Å²) in [6.07, 6.45) is 0.486. The minimum absolute atomic E-state index is 0.134. The van der Waals surface area contributed by atoms with E-state index in [9.17, 15) is 5.11 Å². The minimum Gasteiger partial charge on any atom is -0.388 e. The third kappa shape index (κ3) is 2.17. The monoisotopic (exact) mass is 240 g/mol. The molecule has 16 heavy (non-hydrogen) atoms. The topological polar surface area (TPSA) is 29.5 Å². The van der Waals surface area contributed by atoms with Gasteiger partial charge in [0.1, 0.15) is 0 Å². The molecule has 0 radical (unpaired) electrons. The molecule has 1 aromatic heterocycles. The maximum Gasteiger partial charge on any atom is 0.0854 e. The van der Waals surface area contributed by atoms with E-state index in [4.69, 9.17) is 4.74 Å². The zero-order chi connectivity index (χ0) is 12.0. The summed E-state index contributed by atoms with van der Waals surface area (Å²) in [5, 5.41) is 14.4. The Morgan fingerprint density at radius 1 is 1.44 bits per heavy atom. The first-order chi connectivity index (χ1) is 7.32. The molecule has 3 heteroatoms. The molecule has 0 amide bonds. The van der Waals surface area contributed by atoms with Crippen LogP contribution in [0.5, 0.6) is 0 Å². The van der Waals surface area contributed by atoms with E-state index < -0.39 is 6.10 Å². The van der Waals surface area contributed by atoms with Crippen LogP contribution in [0.15, 0.2) is 16.8 Å². The molecule has 2 unspecified atom stereocenters. The first-order valence-electron chi connectivity index (χ1n) is 5.72. The second kappa shape index (κ2) is 3.83. The maximum absolute atomic E-state index is 10.4. The fraction of sp³-hybridized carbons (Fsp3) is 0.692. The van der Waals surface area contributed by atoms with Crippen molar-refractivity contribution in [2.45, 2.75) is 51.4 Å². The van der Waals surface area contributed by atoms with Crippen LogP contribution in [0.3, 0.4) is 0 Å². The van der Waals surface area contributed by atoms with Gasteiger partial charge in [0.25, 0.3) is 0 Å². The number of aliphatic hydroxyl groups is 1. The third-order valence-corrected chi connectivity index (χ3v) is 4.11. The predicted molar refractivity (Wildman–Crippen MR) is 66.6 cm³/mol. The van der Waals surface area contributed by atoms with Crippen molar-refractivity contribution in [2.75, 3.05) is 0 Å². The van der Waals surface area contributed by atoms with Gasteiger partial charge in [-0.05, 0) is 56.5 Å². The summed E-state index contributed by atoms with van der Waals surface area (Å²) in [5.41, 5.74) is 0.625. The fourth-order valence-corrected chi connectivity index (χ4v) is 3.46. The Kier molecular flexibility index (Phi) is 2.89. The van der Waals surface area contributed by atoms with Crippen molar-refractivity contribution in [3.05, 3.63) is 22.4 Å². The average Bonchev–Trinajstić information content (AvgIpc) is 2.69. The van der Waals surface area contributed by atoms with E-state index in [1.165, 1.54) is 0 Å². The highest BCUT2D eigenvalue weighted by Crippen LogP contribution is 2.47. The lowest BCUT2D eigenvalue weighted by Gasteiger charge is -2.30. The number of hydrogen-bond acceptors (Lipinski definition) is 3. The van der Waals surface area contributed by atoms with Crippen molar-refractivity contribution in [3.63, 3.8) is 0 Å². The summed E-state index contributed by atoms with van der Waals surface area (Å²) >= 11 is 1.63. The van der Waals surface area contributed by atoms with Crippen molar-refractivity contribution >= 4 is 11.3 Å². The smallest absolute Gasteiger partial charge is 0.0854 e. The Bertz CT molecular complexity index is 354. The van der Waals surface area contributed by atoms with Gasteiger partial charge >= 0.3 is 0 Å². The Morgan fingerprint density at radius 3 is 2.56 bits per heavy atom. The van der Waals surface area contributed by atoms with Gasteiger partial charge in [0, 0.05) is 5.92 Å². The molecule has 0 spiro atoms. The molecule has 1 N–H and O–H groups in total. The molecule has 90 valence electrons. The molecule has 2 rings (SSSR count). The molecule has 2 atom stereocenters. The van der Waals surface area contributed by atoms with Crippen molar-refractivity contribution in [2.24, 2.45) is 5.92 Å². The molecular weight excluding hydrogens is 220 g/mol. The standard InChI is InChI=1S/C13H20O2S/c1-12(2)7-10(13(3,4)15-12)11(14)9-5-6-16-8-9/h5-6,8,10-11,14H,7H2,1-4H3. The molecule has 0 aromatic carbocycles. The summed E-state index contributed by atoms with van der Waals surface area (Å²) in [7, 11) is 0. The Hall–Kier alpha value is -0.380. The fourth-order valence-electron chi connectivity index (χ4n) is 2.77. The zero-order valence-corrected chi connectivity index (χ0v) is 11.2. The van der Waals surface area contributed by atoms with Crippen LogP contribution in [0.2, 0.25) is 0 Å². The zero-order valence-electron chi connectivity index (χ0n) is 10.4. The second-order valence-corrected chi connectivity index (χ2v) is 6.56. The minimum atomic E-state index is -0.414. The molecule has 1 saturated heterocycles. The Labute approximate surface area is 101 Å². The highest BCUT2D eigenvalue weighted by molar-refractivity contribution is 7.07. The molecule has 2 heterocycles. The molecule has 0 aliphatic carbocycles. The number of thiophene rings is 1. The van der Waals surface area contributed by atoms with Crippen LogP contribution >= 0.6 is 11.3 Å². The van der Waals surface area contributed by atoms with Crippen molar-refractivity contribution < 1.29 is 9.84 Å². The van der Waals surface area contributed by atoms with Crippen molar-refractivity contribution in [1.82, 2.24) is 0 Å². The van der Waals surface area contributed by atoms with Gasteiger partial charge in [-0.3, -0.25) is 0 Å². The molecule has 0 saturated carbocycles. The summed E-state index contributed by atoms with van der Waals surface area (Å²) in [5.74, 6) is 0.164. The Morgan fingerprint density at radius 2 is 2.12 bits per heavy atom. The summed E-state index contributed by atoms with van der Waals surface area (Å²) in [6.45, 7) is 8.33. The Balaban J connectivity index is 2.22. The lowest BCUT2D eigenvalue weighted by molar-refractivity contribution is -0.0880. The van der Waals surface area contributed by atoms with Gasteiger partial charge in [-0.15, -0.1) is 0 Å². The predicted octanol–water partition coefficient (Wildman–Crippen LogP) is 3.38. The molecule has 2 nitrogen and oxygen atoms in total. The highest BCUT2D eigenvalue weighted by Gasteiger charge is 2.49. The van der Waals surface area contributed by atoms with Crippen molar-refractivity contribution in [3.8, 4) is 0 Å². The van der Waals surface area contributed by atoms with Crippen LogP contribution in [-0.4, -0.2) is 16.3 Å². The number of aliphatic hydroxyl groups excluding tert-OH is 1. The third-order valence-electron chi connectivity index (χ3n) is 3.41. The van der Waals surface area contributed by atoms with E-state index in [0.29, 0.717) is 0 Å². The molecule has 1 aromatic rings. The molecule has 0 bridgehead atoms. The first-order valence-corrected chi connectivity index (χ1v) is 6.66. The van der Waals surface area contributed by atoms with Gasteiger partial charge in [0.15, 0.2) is 0 Å². The van der Waals surface area contributed by atoms with E-state index in [1.807, 2.05) is 16.8 Å². The van der Waals surface area contributed by atoms with E-state index in [2.05, 4.69) is 27.7 Å². The highest BCUT2D eigenvalue weighted by atomic mass is 32.1. The maximum atomic E-state index is 10.4. The number of rotatable bonds is 2. The van der Waals surface area contributed by atoms with Gasteiger partial charge < -0.3 is 9.84 Å². The van der Waals surface area contributed by atoms with Crippen molar-refractivity contribution in [1.29, 1.82) is 0 Å². The average molecular weight is 240 g/mol. The van der Waals surface area contributed by atoms with Gasteiger partial charge in [0.2, 0.25) is 0 Å². The van der Waals surface area contributed by atoms with E-state index >= 15 is 0 Å². The van der Waals surface area contributed by atoms with Gasteiger partial charge in [-0.25, -0.2) is 0 Å². The van der Waals surface area contributed by atoms with Crippen LogP contribution in [0, 0.1) is 5.92 Å². The van der Waals surface area contributed by atoms with Gasteiger partial charge in [-0.1, -0.05) is 0 Å². The quantitative estimate of drug-likeness (QED) is 0.858. The van der Waals surface area contributed by atoms with Crippen LogP contribution < -0.4 is 0 Å². The molecule has 1 fully saturated rings. The first kappa shape index (κ1) is 12.1. The molecular formula is C13H20O2S. The summed E-state index contributed by atoms with van der Waals surface area (Å²) < 4.78 is 6.01. The number of ether oxygens (including phenoxy) is 1. The SMILES string of the molecule is CC1(C)CC(C(O)c2ccsc2)C(C)(C)O1. The normalized spacial score (nSPS) is 29.2. The van der Waals surface area contributed by atoms with Gasteiger partial charge in [0.05, 0.1) is 17.3 Å². The van der Waals surface area contributed by atoms with Crippen LogP contribution in [-0.2, 0) is 4.74 Å². The summed E-state index contributed by atoms with van der Waals surface area (Å²) in [6, 6.07) is 2.00. The number of hydrogen-bond donors (Lipinski definition) is 1. The largest absolute Gasteiger partial charge is 0.388 e. The lowest BCUT2D eigenvalue weighted by Crippen LogP contribution is -2.32. The van der Waals surface area contributed by atoms with Crippen LogP contribution in [0.4, 0.5) is 0 Å². The van der Waals surface area contributed by atoms with E-state index in [0.717, 1.165) is 12.0 Å². The van der Waals surface area contributed by atoms with Crippen LogP contribution in [0.1, 0.15) is 45.8 Å². The second-order valence-electron chi connectivity index (χ2n) is 5.78. The lowest BCUT2D eigenvalue weighted by atomic mass is 9.81. The summed E-state index contributed by atoms with van der Waals surface area (Å²) in [4.78, 5) is 0. The van der Waals surface area contributed by atoms with E-state index in [1.54, 1.807) is 11.3 Å². The molecule has 1 aliphatic heterocycles.